The molecule has 0 bridgehead atoms. The Morgan fingerprint density at radius 1 is 1.44 bits per heavy atom. The zero-order valence-corrected chi connectivity index (χ0v) is 5.72. The van der Waals surface area contributed by atoms with Crippen LogP contribution in [0.25, 0.3) is 0 Å². The van der Waals surface area contributed by atoms with E-state index >= 15 is 0 Å². The molecule has 0 radical (unpaired) electrons. The van der Waals surface area contributed by atoms with E-state index in [-0.39, 0.29) is 5.54 Å². The van der Waals surface area contributed by atoms with Gasteiger partial charge in [-0.2, -0.15) is 0 Å². The third kappa shape index (κ3) is 1.64. The van der Waals surface area contributed by atoms with Crippen LogP contribution < -0.4 is 5.73 Å². The van der Waals surface area contributed by atoms with E-state index in [1.54, 1.807) is 0 Å². The van der Waals surface area contributed by atoms with Gasteiger partial charge in [0.15, 0.2) is 0 Å². The topological polar surface area (TPSA) is 44.5 Å². The lowest BCUT2D eigenvalue weighted by Crippen LogP contribution is -2.51. The molecule has 0 spiro atoms. The fraction of sp³-hybridized carbons (Fsp3) is 1.00. The first-order valence-corrected chi connectivity index (χ1v) is 3.21. The number of hydrogen-bond acceptors (Lipinski definition) is 3. The molecule has 0 aromatic heterocycles. The molecule has 1 saturated heterocycles. The summed E-state index contributed by atoms with van der Waals surface area (Å²) in [5.74, 6) is 0. The normalized spacial score (nSPS) is 26.0. The van der Waals surface area contributed by atoms with Crippen molar-refractivity contribution in [2.24, 2.45) is 5.73 Å². The van der Waals surface area contributed by atoms with Crippen LogP contribution in [0.3, 0.4) is 0 Å². The zero-order chi connectivity index (χ0) is 6.74. The van der Waals surface area contributed by atoms with Gasteiger partial charge in [0.05, 0.1) is 18.8 Å². The SMILES string of the molecule is CCC1(N)COCOC1. The third-order valence-corrected chi connectivity index (χ3v) is 1.65. The Hall–Kier alpha value is -0.120. The standard InChI is InChI=1S/C6H13NO2/c1-2-6(7)3-8-5-9-4-6/h2-5,7H2,1H3. The maximum Gasteiger partial charge on any atom is 0.146 e. The summed E-state index contributed by atoms with van der Waals surface area (Å²) in [5.41, 5.74) is 5.58. The first kappa shape index (κ1) is 6.99. The summed E-state index contributed by atoms with van der Waals surface area (Å²) < 4.78 is 10.1. The van der Waals surface area contributed by atoms with Gasteiger partial charge in [0.25, 0.3) is 0 Å². The molecule has 9 heavy (non-hydrogen) atoms. The summed E-state index contributed by atoms with van der Waals surface area (Å²) in [6.45, 7) is 3.70. The smallest absolute Gasteiger partial charge is 0.146 e. The molecule has 0 aliphatic carbocycles. The van der Waals surface area contributed by atoms with Crippen molar-refractivity contribution in [1.82, 2.24) is 0 Å². The van der Waals surface area contributed by atoms with E-state index < -0.39 is 0 Å². The molecule has 0 unspecified atom stereocenters. The molecule has 1 fully saturated rings. The predicted molar refractivity (Wildman–Crippen MR) is 34.0 cm³/mol. The number of rotatable bonds is 1. The second-order valence-corrected chi connectivity index (χ2v) is 2.53. The number of hydrogen-bond donors (Lipinski definition) is 1. The van der Waals surface area contributed by atoms with Crippen LogP contribution in [-0.4, -0.2) is 25.5 Å². The van der Waals surface area contributed by atoms with Gasteiger partial charge in [-0.1, -0.05) is 6.92 Å². The van der Waals surface area contributed by atoms with Crippen LogP contribution in [0.2, 0.25) is 0 Å². The maximum atomic E-state index is 5.81. The first-order valence-electron chi connectivity index (χ1n) is 3.21. The number of ether oxygens (including phenoxy) is 2. The Morgan fingerprint density at radius 2 is 2.00 bits per heavy atom. The molecule has 0 saturated carbocycles. The average molecular weight is 131 g/mol. The van der Waals surface area contributed by atoms with Gasteiger partial charge in [0.2, 0.25) is 0 Å². The highest BCUT2D eigenvalue weighted by atomic mass is 16.7. The molecule has 1 rings (SSSR count). The lowest BCUT2D eigenvalue weighted by molar-refractivity contribution is -0.135. The highest BCUT2D eigenvalue weighted by Gasteiger charge is 2.26. The molecule has 0 amide bonds. The largest absolute Gasteiger partial charge is 0.353 e. The van der Waals surface area contributed by atoms with Gasteiger partial charge in [0, 0.05) is 0 Å². The summed E-state index contributed by atoms with van der Waals surface area (Å²) in [7, 11) is 0. The Bertz CT molecular complexity index is 89.1. The molecule has 1 aliphatic heterocycles. The van der Waals surface area contributed by atoms with Crippen LogP contribution in [-0.2, 0) is 9.47 Å². The van der Waals surface area contributed by atoms with E-state index in [2.05, 4.69) is 0 Å². The monoisotopic (exact) mass is 131 g/mol. The molecule has 3 nitrogen and oxygen atoms in total. The highest BCUT2D eigenvalue weighted by Crippen LogP contribution is 2.11. The fourth-order valence-electron chi connectivity index (χ4n) is 0.795. The molecule has 0 atom stereocenters. The Balaban J connectivity index is 2.37. The predicted octanol–water partition coefficient (Wildman–Crippen LogP) is 0.0982. The van der Waals surface area contributed by atoms with Crippen LogP contribution in [0.4, 0.5) is 0 Å². The van der Waals surface area contributed by atoms with Crippen LogP contribution in [0.5, 0.6) is 0 Å². The quantitative estimate of drug-likeness (QED) is 0.549. The van der Waals surface area contributed by atoms with E-state index in [1.807, 2.05) is 6.92 Å². The minimum atomic E-state index is -0.224. The van der Waals surface area contributed by atoms with Crippen molar-refractivity contribution in [3.8, 4) is 0 Å². The van der Waals surface area contributed by atoms with E-state index in [4.69, 9.17) is 15.2 Å². The first-order chi connectivity index (χ1) is 4.27. The second kappa shape index (κ2) is 2.64. The molecule has 2 N–H and O–H groups in total. The van der Waals surface area contributed by atoms with Crippen molar-refractivity contribution >= 4 is 0 Å². The van der Waals surface area contributed by atoms with Crippen LogP contribution in [0.15, 0.2) is 0 Å². The van der Waals surface area contributed by atoms with E-state index in [1.165, 1.54) is 0 Å². The number of nitrogens with two attached hydrogens (primary N) is 1. The van der Waals surface area contributed by atoms with E-state index in [0.29, 0.717) is 20.0 Å². The van der Waals surface area contributed by atoms with Gasteiger partial charge < -0.3 is 15.2 Å². The zero-order valence-electron chi connectivity index (χ0n) is 5.72. The summed E-state index contributed by atoms with van der Waals surface area (Å²) in [6.07, 6.45) is 0.910. The Morgan fingerprint density at radius 3 is 2.33 bits per heavy atom. The molecule has 54 valence electrons. The fourth-order valence-corrected chi connectivity index (χ4v) is 0.795. The van der Waals surface area contributed by atoms with Crippen molar-refractivity contribution in [3.05, 3.63) is 0 Å². The summed E-state index contributed by atoms with van der Waals surface area (Å²) in [6, 6.07) is 0. The van der Waals surface area contributed by atoms with Gasteiger partial charge in [0.1, 0.15) is 6.79 Å². The minimum Gasteiger partial charge on any atom is -0.353 e. The van der Waals surface area contributed by atoms with Gasteiger partial charge in [-0.15, -0.1) is 0 Å². The van der Waals surface area contributed by atoms with Crippen molar-refractivity contribution in [2.45, 2.75) is 18.9 Å². The van der Waals surface area contributed by atoms with Crippen molar-refractivity contribution in [1.29, 1.82) is 0 Å². The van der Waals surface area contributed by atoms with Crippen molar-refractivity contribution in [3.63, 3.8) is 0 Å². The van der Waals surface area contributed by atoms with Crippen molar-refractivity contribution in [2.75, 3.05) is 20.0 Å². The van der Waals surface area contributed by atoms with Gasteiger partial charge >= 0.3 is 0 Å². The molecular weight excluding hydrogens is 118 g/mol. The second-order valence-electron chi connectivity index (χ2n) is 2.53. The van der Waals surface area contributed by atoms with Gasteiger partial charge in [-0.05, 0) is 6.42 Å². The van der Waals surface area contributed by atoms with Crippen molar-refractivity contribution < 1.29 is 9.47 Å². The molecule has 3 heteroatoms. The molecule has 0 aromatic carbocycles. The van der Waals surface area contributed by atoms with Crippen LogP contribution >= 0.6 is 0 Å². The average Bonchev–Trinajstić information content (AvgIpc) is 1.90. The van der Waals surface area contributed by atoms with Gasteiger partial charge in [-0.25, -0.2) is 0 Å². The lowest BCUT2D eigenvalue weighted by atomic mass is 10.00. The lowest BCUT2D eigenvalue weighted by Gasteiger charge is -2.31. The molecule has 0 aromatic rings. The summed E-state index contributed by atoms with van der Waals surface area (Å²) in [4.78, 5) is 0. The highest BCUT2D eigenvalue weighted by molar-refractivity contribution is 4.83. The Kier molecular flexibility index (Phi) is 2.05. The van der Waals surface area contributed by atoms with E-state index in [9.17, 15) is 0 Å². The summed E-state index contributed by atoms with van der Waals surface area (Å²) >= 11 is 0. The molecule has 1 aliphatic rings. The summed E-state index contributed by atoms with van der Waals surface area (Å²) in [5, 5.41) is 0. The third-order valence-electron chi connectivity index (χ3n) is 1.65. The van der Waals surface area contributed by atoms with Gasteiger partial charge in [-0.3, -0.25) is 0 Å². The van der Waals surface area contributed by atoms with Crippen LogP contribution in [0, 0.1) is 0 Å². The molecule has 1 heterocycles. The minimum absolute atomic E-state index is 0.224. The maximum absolute atomic E-state index is 5.81. The van der Waals surface area contributed by atoms with E-state index in [0.717, 1.165) is 6.42 Å². The Labute approximate surface area is 55.1 Å². The van der Waals surface area contributed by atoms with Crippen LogP contribution in [0.1, 0.15) is 13.3 Å². The molecular formula is C6H13NO2.